The molecule has 0 saturated carbocycles. The van der Waals surface area contributed by atoms with Crippen molar-refractivity contribution in [2.75, 3.05) is 6.61 Å². The Balaban J connectivity index is 1.86. The monoisotopic (exact) mass is 430 g/mol. The number of urea groups is 1. The average molecular weight is 431 g/mol. The first kappa shape index (κ1) is 18.7. The summed E-state index contributed by atoms with van der Waals surface area (Å²) in [4.78, 5) is 37.7. The first-order chi connectivity index (χ1) is 13.0. The van der Waals surface area contributed by atoms with Crippen LogP contribution in [0.4, 0.5) is 4.79 Å². The van der Waals surface area contributed by atoms with Gasteiger partial charge in [0.25, 0.3) is 11.8 Å². The van der Waals surface area contributed by atoms with E-state index in [4.69, 9.17) is 9.15 Å². The number of nitrogens with zero attached hydrogens (tertiary/aromatic N) is 1. The number of halogens is 1. The van der Waals surface area contributed by atoms with Gasteiger partial charge in [0, 0.05) is 0 Å². The van der Waals surface area contributed by atoms with E-state index in [-0.39, 0.29) is 12.1 Å². The lowest BCUT2D eigenvalue weighted by Crippen LogP contribution is -2.53. The Morgan fingerprint density at radius 2 is 2.07 bits per heavy atom. The van der Waals surface area contributed by atoms with Crippen molar-refractivity contribution in [3.63, 3.8) is 0 Å². The molecule has 0 radical (unpaired) electrons. The number of barbiturate groups is 1. The number of hydrogen-bond donors (Lipinski definition) is 1. The Morgan fingerprint density at radius 3 is 2.74 bits per heavy atom. The maximum Gasteiger partial charge on any atom is 0.331 e. The van der Waals surface area contributed by atoms with Gasteiger partial charge in [-0.05, 0) is 51.8 Å². The minimum Gasteiger partial charge on any atom is -0.488 e. The lowest BCUT2D eigenvalue weighted by molar-refractivity contribution is -0.130. The molecule has 4 amide bonds. The van der Waals surface area contributed by atoms with E-state index in [0.29, 0.717) is 28.2 Å². The second-order valence-electron chi connectivity index (χ2n) is 5.58. The molecule has 0 bridgehead atoms. The molecule has 0 aliphatic carbocycles. The molecular weight excluding hydrogens is 416 g/mol. The lowest BCUT2D eigenvalue weighted by atomic mass is 10.1. The van der Waals surface area contributed by atoms with Gasteiger partial charge in [0.05, 0.1) is 17.3 Å². The second-order valence-corrected chi connectivity index (χ2v) is 6.43. The molecule has 27 heavy (non-hydrogen) atoms. The topological polar surface area (TPSA) is 88.8 Å². The zero-order chi connectivity index (χ0) is 19.4. The van der Waals surface area contributed by atoms with Crippen molar-refractivity contribution in [1.29, 1.82) is 0 Å². The third-order valence-corrected chi connectivity index (χ3v) is 4.32. The van der Waals surface area contributed by atoms with Gasteiger partial charge in [-0.15, -0.1) is 0 Å². The highest BCUT2D eigenvalue weighted by Gasteiger charge is 2.36. The first-order valence-corrected chi connectivity index (χ1v) is 8.73. The highest BCUT2D eigenvalue weighted by molar-refractivity contribution is 9.10. The van der Waals surface area contributed by atoms with E-state index in [1.165, 1.54) is 12.3 Å². The quantitative estimate of drug-likeness (QED) is 0.431. The van der Waals surface area contributed by atoms with E-state index < -0.39 is 17.8 Å². The van der Waals surface area contributed by atoms with Gasteiger partial charge < -0.3 is 9.15 Å². The molecule has 0 spiro atoms. The van der Waals surface area contributed by atoms with Gasteiger partial charge in [-0.1, -0.05) is 18.7 Å². The van der Waals surface area contributed by atoms with E-state index in [1.54, 1.807) is 36.4 Å². The van der Waals surface area contributed by atoms with Crippen LogP contribution in [-0.4, -0.2) is 29.4 Å². The lowest BCUT2D eigenvalue weighted by Gasteiger charge is -2.25. The summed E-state index contributed by atoms with van der Waals surface area (Å²) in [5.41, 5.74) is 0.450. The zero-order valence-corrected chi connectivity index (χ0v) is 15.7. The smallest absolute Gasteiger partial charge is 0.331 e. The summed E-state index contributed by atoms with van der Waals surface area (Å²) in [5.74, 6) is -0.406. The normalized spacial score (nSPS) is 15.8. The number of furan rings is 1. The number of carbonyl (C=O) groups excluding carboxylic acids is 3. The standard InChI is InChI=1S/C19H15BrN2O5/c1-2-7-27-16-6-5-12(10-15(16)20)9-14-17(23)21-19(25)22(18(14)24)11-13-4-3-8-26-13/h2-6,8-10H,1,7,11H2,(H,21,23,25). The highest BCUT2D eigenvalue weighted by Crippen LogP contribution is 2.27. The van der Waals surface area contributed by atoms with Crippen molar-refractivity contribution >= 4 is 39.9 Å². The second kappa shape index (κ2) is 8.05. The van der Waals surface area contributed by atoms with Gasteiger partial charge >= 0.3 is 6.03 Å². The maximum absolute atomic E-state index is 12.7. The summed E-state index contributed by atoms with van der Waals surface area (Å²) < 4.78 is 11.3. The van der Waals surface area contributed by atoms with E-state index in [0.717, 1.165) is 4.90 Å². The minimum absolute atomic E-state index is 0.0691. The van der Waals surface area contributed by atoms with Crippen molar-refractivity contribution in [3.8, 4) is 5.75 Å². The molecule has 2 aromatic rings. The molecule has 1 N–H and O–H groups in total. The van der Waals surface area contributed by atoms with Crippen molar-refractivity contribution in [2.45, 2.75) is 6.54 Å². The Labute approximate surface area is 163 Å². The van der Waals surface area contributed by atoms with Gasteiger partial charge in [-0.3, -0.25) is 19.8 Å². The molecule has 0 atom stereocenters. The van der Waals surface area contributed by atoms with Crippen LogP contribution >= 0.6 is 15.9 Å². The molecule has 1 aromatic carbocycles. The number of amides is 4. The molecule has 1 saturated heterocycles. The van der Waals surface area contributed by atoms with Crippen molar-refractivity contribution in [3.05, 3.63) is 70.6 Å². The number of hydrogen-bond acceptors (Lipinski definition) is 5. The van der Waals surface area contributed by atoms with Crippen molar-refractivity contribution in [2.24, 2.45) is 0 Å². The summed E-state index contributed by atoms with van der Waals surface area (Å²) in [6, 6.07) is 7.62. The molecule has 138 valence electrons. The largest absolute Gasteiger partial charge is 0.488 e. The van der Waals surface area contributed by atoms with Crippen LogP contribution in [0.2, 0.25) is 0 Å². The van der Waals surface area contributed by atoms with Crippen LogP contribution in [0.25, 0.3) is 6.08 Å². The van der Waals surface area contributed by atoms with Crippen LogP contribution in [0.15, 0.2) is 63.7 Å². The molecule has 1 aromatic heterocycles. The van der Waals surface area contributed by atoms with Crippen LogP contribution in [0.3, 0.4) is 0 Å². The van der Waals surface area contributed by atoms with E-state index in [1.807, 2.05) is 0 Å². The summed E-state index contributed by atoms with van der Waals surface area (Å²) in [6.07, 6.45) is 4.48. The van der Waals surface area contributed by atoms with Gasteiger partial charge in [0.1, 0.15) is 23.7 Å². The SMILES string of the molecule is C=CCOc1ccc(C=C2C(=O)NC(=O)N(Cc3ccco3)C2=O)cc1Br. The molecular formula is C19H15BrN2O5. The Hall–Kier alpha value is -3.13. The molecule has 3 rings (SSSR count). The fourth-order valence-corrected chi connectivity index (χ4v) is 2.95. The fraction of sp³-hybridized carbons (Fsp3) is 0.105. The van der Waals surface area contributed by atoms with Crippen molar-refractivity contribution < 1.29 is 23.5 Å². The average Bonchev–Trinajstić information content (AvgIpc) is 3.15. The van der Waals surface area contributed by atoms with E-state index >= 15 is 0 Å². The molecule has 1 fully saturated rings. The third kappa shape index (κ3) is 4.17. The van der Waals surface area contributed by atoms with Crippen LogP contribution < -0.4 is 10.1 Å². The first-order valence-electron chi connectivity index (χ1n) is 7.94. The van der Waals surface area contributed by atoms with E-state index in [2.05, 4.69) is 27.8 Å². The maximum atomic E-state index is 12.7. The molecule has 1 aliphatic heterocycles. The number of rotatable bonds is 6. The van der Waals surface area contributed by atoms with Crippen LogP contribution in [0.1, 0.15) is 11.3 Å². The molecule has 8 heteroatoms. The van der Waals surface area contributed by atoms with Crippen LogP contribution in [-0.2, 0) is 16.1 Å². The Kier molecular flexibility index (Phi) is 5.56. The highest BCUT2D eigenvalue weighted by atomic mass is 79.9. The summed E-state index contributed by atoms with van der Waals surface area (Å²) in [6.45, 7) is 3.87. The van der Waals surface area contributed by atoms with Crippen LogP contribution in [0.5, 0.6) is 5.75 Å². The molecule has 2 heterocycles. The molecule has 0 unspecified atom stereocenters. The summed E-state index contributed by atoms with van der Waals surface area (Å²) >= 11 is 3.38. The van der Waals surface area contributed by atoms with E-state index in [9.17, 15) is 14.4 Å². The summed E-state index contributed by atoms with van der Waals surface area (Å²) in [5, 5.41) is 2.17. The zero-order valence-electron chi connectivity index (χ0n) is 14.1. The predicted octanol–water partition coefficient (Wildman–Crippen LogP) is 3.27. The summed E-state index contributed by atoms with van der Waals surface area (Å²) in [7, 11) is 0. The third-order valence-electron chi connectivity index (χ3n) is 3.70. The Morgan fingerprint density at radius 1 is 1.26 bits per heavy atom. The van der Waals surface area contributed by atoms with Gasteiger partial charge in [-0.25, -0.2) is 4.79 Å². The number of nitrogens with one attached hydrogen (secondary N) is 1. The van der Waals surface area contributed by atoms with Gasteiger partial charge in [-0.2, -0.15) is 0 Å². The predicted molar refractivity (Wildman–Crippen MR) is 101 cm³/mol. The van der Waals surface area contributed by atoms with Crippen LogP contribution in [0, 0.1) is 0 Å². The number of benzene rings is 1. The molecule has 1 aliphatic rings. The number of ether oxygens (including phenoxy) is 1. The number of carbonyl (C=O) groups is 3. The number of imide groups is 2. The molecule has 7 nitrogen and oxygen atoms in total. The van der Waals surface area contributed by atoms with Crippen molar-refractivity contribution in [1.82, 2.24) is 10.2 Å². The van der Waals surface area contributed by atoms with Gasteiger partial charge in [0.15, 0.2) is 0 Å². The van der Waals surface area contributed by atoms with Gasteiger partial charge in [0.2, 0.25) is 0 Å². The fourth-order valence-electron chi connectivity index (χ4n) is 2.44. The Bertz CT molecular complexity index is 934. The minimum atomic E-state index is -0.784.